The highest BCUT2D eigenvalue weighted by Crippen LogP contribution is 2.30. The standard InChI is InChI=1S/C15H14FNO2/c1-9-3-6-14(17-15(18)19)12(7-9)11-4-5-13(16)10(2)8-11/h3-8,17H,1-2H3,(H,18,19). The van der Waals surface area contributed by atoms with E-state index in [4.69, 9.17) is 5.11 Å². The number of anilines is 1. The van der Waals surface area contributed by atoms with Gasteiger partial charge >= 0.3 is 6.09 Å². The summed E-state index contributed by atoms with van der Waals surface area (Å²) in [5.41, 5.74) is 3.55. The van der Waals surface area contributed by atoms with E-state index in [1.165, 1.54) is 6.07 Å². The first-order chi connectivity index (χ1) is 8.97. The number of benzene rings is 2. The van der Waals surface area contributed by atoms with Crippen molar-refractivity contribution in [1.82, 2.24) is 0 Å². The third-order valence-electron chi connectivity index (χ3n) is 2.89. The molecule has 0 unspecified atom stereocenters. The maximum atomic E-state index is 13.3. The molecule has 0 bridgehead atoms. The molecule has 1 amide bonds. The van der Waals surface area contributed by atoms with Crippen LogP contribution in [0.5, 0.6) is 0 Å². The average molecular weight is 259 g/mol. The number of carbonyl (C=O) groups is 1. The maximum Gasteiger partial charge on any atom is 0.409 e. The molecule has 0 aromatic heterocycles. The molecule has 0 fully saturated rings. The first kappa shape index (κ1) is 13.1. The average Bonchev–Trinajstić information content (AvgIpc) is 2.34. The molecule has 2 N–H and O–H groups in total. The molecule has 3 nitrogen and oxygen atoms in total. The van der Waals surface area contributed by atoms with Gasteiger partial charge in [0, 0.05) is 5.56 Å². The maximum absolute atomic E-state index is 13.3. The number of rotatable bonds is 2. The molecule has 4 heteroatoms. The lowest BCUT2D eigenvalue weighted by Gasteiger charge is -2.11. The second kappa shape index (κ2) is 5.10. The van der Waals surface area contributed by atoms with Crippen LogP contribution in [-0.2, 0) is 0 Å². The Morgan fingerprint density at radius 2 is 1.89 bits per heavy atom. The van der Waals surface area contributed by atoms with E-state index in [-0.39, 0.29) is 5.82 Å². The van der Waals surface area contributed by atoms with Gasteiger partial charge in [-0.25, -0.2) is 9.18 Å². The van der Waals surface area contributed by atoms with Crippen LogP contribution < -0.4 is 5.32 Å². The Kier molecular flexibility index (Phi) is 3.51. The van der Waals surface area contributed by atoms with Crippen molar-refractivity contribution in [3.8, 4) is 11.1 Å². The number of amides is 1. The van der Waals surface area contributed by atoms with Gasteiger partial charge < -0.3 is 5.11 Å². The zero-order chi connectivity index (χ0) is 14.0. The normalized spacial score (nSPS) is 10.3. The molecule has 19 heavy (non-hydrogen) atoms. The molecule has 0 aliphatic rings. The van der Waals surface area contributed by atoms with E-state index in [1.54, 1.807) is 25.1 Å². The molecule has 2 aromatic rings. The second-order valence-electron chi connectivity index (χ2n) is 4.44. The van der Waals surface area contributed by atoms with Crippen LogP contribution in [0.1, 0.15) is 11.1 Å². The minimum Gasteiger partial charge on any atom is -0.465 e. The Morgan fingerprint density at radius 1 is 1.16 bits per heavy atom. The molecule has 2 rings (SSSR count). The lowest BCUT2D eigenvalue weighted by molar-refractivity contribution is 0.210. The zero-order valence-electron chi connectivity index (χ0n) is 10.7. The molecular formula is C15H14FNO2. The lowest BCUT2D eigenvalue weighted by Crippen LogP contribution is -2.08. The molecule has 0 heterocycles. The number of halogens is 1. The van der Waals surface area contributed by atoms with Crippen LogP contribution in [0, 0.1) is 19.7 Å². The Labute approximate surface area is 110 Å². The number of nitrogens with one attached hydrogen (secondary N) is 1. The monoisotopic (exact) mass is 259 g/mol. The Morgan fingerprint density at radius 3 is 2.53 bits per heavy atom. The summed E-state index contributed by atoms with van der Waals surface area (Å²) < 4.78 is 13.3. The zero-order valence-corrected chi connectivity index (χ0v) is 10.7. The fourth-order valence-electron chi connectivity index (χ4n) is 1.93. The highest BCUT2D eigenvalue weighted by molar-refractivity contribution is 5.90. The van der Waals surface area contributed by atoms with E-state index in [2.05, 4.69) is 5.32 Å². The molecule has 2 aromatic carbocycles. The van der Waals surface area contributed by atoms with E-state index in [0.29, 0.717) is 11.3 Å². The van der Waals surface area contributed by atoms with E-state index in [9.17, 15) is 9.18 Å². The van der Waals surface area contributed by atoms with Gasteiger partial charge in [0.05, 0.1) is 5.69 Å². The minimum absolute atomic E-state index is 0.274. The van der Waals surface area contributed by atoms with Crippen LogP contribution in [0.2, 0.25) is 0 Å². The van der Waals surface area contributed by atoms with E-state index < -0.39 is 6.09 Å². The predicted molar refractivity (Wildman–Crippen MR) is 73.0 cm³/mol. The Bertz CT molecular complexity index is 638. The summed E-state index contributed by atoms with van der Waals surface area (Å²) in [6.07, 6.45) is -1.12. The van der Waals surface area contributed by atoms with Crippen molar-refractivity contribution in [3.63, 3.8) is 0 Å². The molecule has 0 aliphatic carbocycles. The molecule has 0 radical (unpaired) electrons. The summed E-state index contributed by atoms with van der Waals surface area (Å²) in [7, 11) is 0. The smallest absolute Gasteiger partial charge is 0.409 e. The summed E-state index contributed by atoms with van der Waals surface area (Å²) in [5, 5.41) is 11.2. The fourth-order valence-corrected chi connectivity index (χ4v) is 1.93. The Balaban J connectivity index is 2.55. The highest BCUT2D eigenvalue weighted by atomic mass is 19.1. The number of carboxylic acid groups (broad SMARTS) is 1. The van der Waals surface area contributed by atoms with Gasteiger partial charge in [-0.1, -0.05) is 17.7 Å². The van der Waals surface area contributed by atoms with Crippen LogP contribution in [0.25, 0.3) is 11.1 Å². The van der Waals surface area contributed by atoms with Crippen molar-refractivity contribution in [2.75, 3.05) is 5.32 Å². The summed E-state index contributed by atoms with van der Waals surface area (Å²) in [4.78, 5) is 10.8. The van der Waals surface area contributed by atoms with E-state index in [1.807, 2.05) is 19.1 Å². The summed E-state index contributed by atoms with van der Waals surface area (Å²) >= 11 is 0. The summed E-state index contributed by atoms with van der Waals surface area (Å²) in [6.45, 7) is 3.60. The van der Waals surface area contributed by atoms with Crippen molar-refractivity contribution < 1.29 is 14.3 Å². The first-order valence-electron chi connectivity index (χ1n) is 5.84. The van der Waals surface area contributed by atoms with Crippen LogP contribution in [0.15, 0.2) is 36.4 Å². The van der Waals surface area contributed by atoms with Gasteiger partial charge in [0.25, 0.3) is 0 Å². The number of aryl methyl sites for hydroxylation is 2. The van der Waals surface area contributed by atoms with Gasteiger partial charge in [-0.05, 0) is 49.2 Å². The second-order valence-corrected chi connectivity index (χ2v) is 4.44. The third kappa shape index (κ3) is 2.91. The third-order valence-corrected chi connectivity index (χ3v) is 2.89. The molecule has 0 saturated carbocycles. The number of hydrogen-bond acceptors (Lipinski definition) is 1. The van der Waals surface area contributed by atoms with Gasteiger partial charge in [-0.2, -0.15) is 0 Å². The highest BCUT2D eigenvalue weighted by Gasteiger charge is 2.09. The molecule has 98 valence electrons. The summed E-state index contributed by atoms with van der Waals surface area (Å²) in [5.74, 6) is -0.274. The van der Waals surface area contributed by atoms with Crippen LogP contribution >= 0.6 is 0 Å². The molecule has 0 spiro atoms. The Hall–Kier alpha value is -2.36. The van der Waals surface area contributed by atoms with Crippen molar-refractivity contribution in [1.29, 1.82) is 0 Å². The molecular weight excluding hydrogens is 245 g/mol. The fraction of sp³-hybridized carbons (Fsp3) is 0.133. The summed E-state index contributed by atoms with van der Waals surface area (Å²) in [6, 6.07) is 10.1. The molecule has 0 saturated heterocycles. The van der Waals surface area contributed by atoms with Crippen molar-refractivity contribution in [2.24, 2.45) is 0 Å². The van der Waals surface area contributed by atoms with Gasteiger partial charge in [-0.15, -0.1) is 0 Å². The van der Waals surface area contributed by atoms with Crippen LogP contribution in [0.3, 0.4) is 0 Å². The van der Waals surface area contributed by atoms with E-state index in [0.717, 1.165) is 16.7 Å². The van der Waals surface area contributed by atoms with Crippen molar-refractivity contribution in [2.45, 2.75) is 13.8 Å². The number of hydrogen-bond donors (Lipinski definition) is 2. The predicted octanol–water partition coefficient (Wildman–Crippen LogP) is 4.20. The van der Waals surface area contributed by atoms with Gasteiger partial charge in [-0.3, -0.25) is 5.32 Å². The molecule has 0 aliphatic heterocycles. The van der Waals surface area contributed by atoms with Crippen LogP contribution in [0.4, 0.5) is 14.9 Å². The van der Waals surface area contributed by atoms with Crippen molar-refractivity contribution in [3.05, 3.63) is 53.3 Å². The SMILES string of the molecule is Cc1ccc(NC(=O)O)c(-c2ccc(F)c(C)c2)c1. The van der Waals surface area contributed by atoms with Gasteiger partial charge in [0.15, 0.2) is 0 Å². The molecule has 0 atom stereocenters. The van der Waals surface area contributed by atoms with Gasteiger partial charge in [0.1, 0.15) is 5.82 Å². The van der Waals surface area contributed by atoms with E-state index >= 15 is 0 Å². The van der Waals surface area contributed by atoms with Gasteiger partial charge in [0.2, 0.25) is 0 Å². The van der Waals surface area contributed by atoms with Crippen molar-refractivity contribution >= 4 is 11.8 Å². The lowest BCUT2D eigenvalue weighted by atomic mass is 9.99. The topological polar surface area (TPSA) is 49.3 Å². The quantitative estimate of drug-likeness (QED) is 0.849. The van der Waals surface area contributed by atoms with Crippen LogP contribution in [-0.4, -0.2) is 11.2 Å². The largest absolute Gasteiger partial charge is 0.465 e. The first-order valence-corrected chi connectivity index (χ1v) is 5.84. The minimum atomic E-state index is -1.12.